The van der Waals surface area contributed by atoms with Crippen LogP contribution in [0.5, 0.6) is 5.88 Å². The molecule has 0 atom stereocenters. The Morgan fingerprint density at radius 2 is 1.74 bits per heavy atom. The molecule has 47 heavy (non-hydrogen) atoms. The van der Waals surface area contributed by atoms with E-state index in [0.29, 0.717) is 41.0 Å². The van der Waals surface area contributed by atoms with E-state index in [2.05, 4.69) is 27.1 Å². The highest BCUT2D eigenvalue weighted by Gasteiger charge is 2.23. The standard InChI is InChI=1S/C37H43FN6O3/c1-42-17-19-44(20-18-42)24-33(45)43(2)30-14-12-29(13-15-30)40-35(34-31-16-11-28(38)22-32(31)41-37(34)47)27-10-6-7-25(21-27)23-39-36(46)26-8-4-3-5-9-26/h6-7,10-16,21-22,26,41,47H,3-5,8-9,17-20,23-24H2,1-2H3,(H,39,46). The number of aromatic hydroxyl groups is 1. The molecule has 1 aliphatic carbocycles. The lowest BCUT2D eigenvalue weighted by molar-refractivity contribution is -0.126. The van der Waals surface area contributed by atoms with Crippen molar-refractivity contribution in [1.29, 1.82) is 0 Å². The summed E-state index contributed by atoms with van der Waals surface area (Å²) in [6.07, 6.45) is 5.24. The van der Waals surface area contributed by atoms with Gasteiger partial charge in [-0.25, -0.2) is 9.38 Å². The van der Waals surface area contributed by atoms with Crippen LogP contribution in [0.15, 0.2) is 71.7 Å². The Kier molecular flexibility index (Phi) is 9.98. The maximum Gasteiger partial charge on any atom is 0.240 e. The lowest BCUT2D eigenvalue weighted by atomic mass is 9.88. The number of aliphatic imine (C=N–C) groups is 1. The monoisotopic (exact) mass is 638 g/mol. The topological polar surface area (TPSA) is 104 Å². The Labute approximate surface area is 275 Å². The SMILES string of the molecule is CN1CCN(CC(=O)N(C)c2ccc(N=C(c3cccc(CNC(=O)C4CCCCC4)c3)c3c(O)[nH]c4cc(F)ccc34)cc2)CC1. The molecular weight excluding hydrogens is 595 g/mol. The number of piperazine rings is 1. The fourth-order valence-electron chi connectivity index (χ4n) is 6.51. The van der Waals surface area contributed by atoms with Gasteiger partial charge in [0.2, 0.25) is 11.8 Å². The number of nitrogens with zero attached hydrogens (tertiary/aromatic N) is 4. The van der Waals surface area contributed by atoms with Gasteiger partial charge in [0.1, 0.15) is 5.82 Å². The highest BCUT2D eigenvalue weighted by atomic mass is 19.1. The molecule has 1 aliphatic heterocycles. The van der Waals surface area contributed by atoms with E-state index in [0.717, 1.165) is 68.7 Å². The average molecular weight is 639 g/mol. The van der Waals surface area contributed by atoms with Crippen LogP contribution in [0, 0.1) is 11.7 Å². The summed E-state index contributed by atoms with van der Waals surface area (Å²) in [5, 5.41) is 14.8. The number of anilines is 1. The molecule has 4 aromatic rings. The van der Waals surface area contributed by atoms with Crippen LogP contribution in [-0.4, -0.2) is 84.2 Å². The minimum atomic E-state index is -0.415. The lowest BCUT2D eigenvalue weighted by Crippen LogP contribution is -2.48. The second kappa shape index (κ2) is 14.5. The van der Waals surface area contributed by atoms with Gasteiger partial charge >= 0.3 is 0 Å². The van der Waals surface area contributed by atoms with Crippen LogP contribution < -0.4 is 10.2 Å². The maximum atomic E-state index is 14.1. The Bertz CT molecular complexity index is 1750. The summed E-state index contributed by atoms with van der Waals surface area (Å²) in [6, 6.07) is 19.5. The van der Waals surface area contributed by atoms with Crippen molar-refractivity contribution in [2.24, 2.45) is 10.9 Å². The molecule has 0 radical (unpaired) electrons. The molecule has 10 heteroatoms. The smallest absolute Gasteiger partial charge is 0.240 e. The van der Waals surface area contributed by atoms with E-state index in [1.54, 1.807) is 18.0 Å². The Balaban J connectivity index is 1.27. The zero-order valence-electron chi connectivity index (χ0n) is 27.1. The van der Waals surface area contributed by atoms with Gasteiger partial charge in [0.05, 0.1) is 29.0 Å². The first-order chi connectivity index (χ1) is 22.7. The fourth-order valence-corrected chi connectivity index (χ4v) is 6.51. The zero-order valence-corrected chi connectivity index (χ0v) is 27.1. The molecule has 2 aliphatic rings. The number of carbonyl (C=O) groups is 2. The Hall–Kier alpha value is -4.54. The summed E-state index contributed by atoms with van der Waals surface area (Å²) in [4.78, 5) is 39.9. The van der Waals surface area contributed by atoms with Gasteiger partial charge in [0, 0.05) is 62.3 Å². The maximum absolute atomic E-state index is 14.1. The van der Waals surface area contributed by atoms with E-state index in [9.17, 15) is 19.1 Å². The van der Waals surface area contributed by atoms with Crippen molar-refractivity contribution in [3.8, 4) is 5.88 Å². The molecule has 9 nitrogen and oxygen atoms in total. The number of nitrogens with one attached hydrogen (secondary N) is 2. The average Bonchev–Trinajstić information content (AvgIpc) is 3.41. The van der Waals surface area contributed by atoms with Crippen molar-refractivity contribution in [3.63, 3.8) is 0 Å². The number of H-pyrrole nitrogens is 1. The molecule has 2 heterocycles. The number of rotatable bonds is 9. The van der Waals surface area contributed by atoms with Gasteiger partial charge in [-0.05, 0) is 74.0 Å². The first-order valence-electron chi connectivity index (χ1n) is 16.5. The number of halogens is 1. The largest absolute Gasteiger partial charge is 0.494 e. The normalized spacial score (nSPS) is 16.8. The molecule has 2 fully saturated rings. The second-order valence-corrected chi connectivity index (χ2v) is 12.8. The number of fused-ring (bicyclic) bond motifs is 1. The van der Waals surface area contributed by atoms with Crippen molar-refractivity contribution in [3.05, 3.63) is 89.2 Å². The lowest BCUT2D eigenvalue weighted by Gasteiger charge is -2.32. The molecule has 3 N–H and O–H groups in total. The molecule has 1 aromatic heterocycles. The number of benzene rings is 3. The van der Waals surface area contributed by atoms with E-state index >= 15 is 0 Å². The summed E-state index contributed by atoms with van der Waals surface area (Å²) in [7, 11) is 3.87. The second-order valence-electron chi connectivity index (χ2n) is 12.8. The molecule has 1 saturated carbocycles. The number of aromatic nitrogens is 1. The molecule has 246 valence electrons. The van der Waals surface area contributed by atoms with Crippen LogP contribution in [0.25, 0.3) is 10.9 Å². The van der Waals surface area contributed by atoms with Crippen molar-refractivity contribution < 1.29 is 19.1 Å². The number of likely N-dealkylation sites (N-methyl/N-ethyl adjacent to an activating group) is 2. The molecule has 2 amide bonds. The number of carbonyl (C=O) groups excluding carboxylic acids is 2. The quantitative estimate of drug-likeness (QED) is 0.208. The van der Waals surface area contributed by atoms with Gasteiger partial charge < -0.3 is 25.2 Å². The van der Waals surface area contributed by atoms with E-state index in [1.807, 2.05) is 48.5 Å². The van der Waals surface area contributed by atoms with Crippen molar-refractivity contribution in [1.82, 2.24) is 20.1 Å². The van der Waals surface area contributed by atoms with Crippen LogP contribution in [0.2, 0.25) is 0 Å². The van der Waals surface area contributed by atoms with Crippen molar-refractivity contribution in [2.75, 3.05) is 51.7 Å². The summed E-state index contributed by atoms with van der Waals surface area (Å²) in [5.74, 6) is -0.355. The predicted molar refractivity (Wildman–Crippen MR) is 184 cm³/mol. The highest BCUT2D eigenvalue weighted by Crippen LogP contribution is 2.33. The first kappa shape index (κ1) is 32.4. The predicted octanol–water partition coefficient (Wildman–Crippen LogP) is 5.59. The van der Waals surface area contributed by atoms with E-state index in [1.165, 1.54) is 18.6 Å². The number of hydrogen-bond donors (Lipinski definition) is 3. The van der Waals surface area contributed by atoms with Gasteiger partial charge in [-0.3, -0.25) is 14.5 Å². The molecule has 0 bridgehead atoms. The van der Waals surface area contributed by atoms with Crippen LogP contribution in [0.1, 0.15) is 48.8 Å². The molecule has 6 rings (SSSR count). The van der Waals surface area contributed by atoms with Crippen LogP contribution in [0.3, 0.4) is 0 Å². The van der Waals surface area contributed by atoms with Gasteiger partial charge in [0.25, 0.3) is 0 Å². The van der Waals surface area contributed by atoms with Crippen LogP contribution in [0.4, 0.5) is 15.8 Å². The Morgan fingerprint density at radius 3 is 2.49 bits per heavy atom. The molecule has 0 spiro atoms. The van der Waals surface area contributed by atoms with Crippen molar-refractivity contribution >= 4 is 39.8 Å². The minimum absolute atomic E-state index is 0.0230. The van der Waals surface area contributed by atoms with Gasteiger partial charge in [0.15, 0.2) is 5.88 Å². The fraction of sp³-hybridized carbons (Fsp3) is 0.378. The summed E-state index contributed by atoms with van der Waals surface area (Å²) < 4.78 is 14.1. The molecule has 3 aromatic carbocycles. The third-order valence-electron chi connectivity index (χ3n) is 9.43. The number of hydrogen-bond acceptors (Lipinski definition) is 6. The number of amides is 2. The molecule has 1 saturated heterocycles. The first-order valence-corrected chi connectivity index (χ1v) is 16.5. The summed E-state index contributed by atoms with van der Waals surface area (Å²) >= 11 is 0. The van der Waals surface area contributed by atoms with E-state index in [4.69, 9.17) is 4.99 Å². The van der Waals surface area contributed by atoms with Crippen LogP contribution in [-0.2, 0) is 16.1 Å². The Morgan fingerprint density at radius 1 is 1.00 bits per heavy atom. The van der Waals surface area contributed by atoms with Gasteiger partial charge in [-0.2, -0.15) is 0 Å². The van der Waals surface area contributed by atoms with Gasteiger partial charge in [-0.15, -0.1) is 0 Å². The third-order valence-corrected chi connectivity index (χ3v) is 9.43. The van der Waals surface area contributed by atoms with Crippen LogP contribution >= 0.6 is 0 Å². The number of aromatic amines is 1. The molecule has 0 unspecified atom stereocenters. The van der Waals surface area contributed by atoms with Gasteiger partial charge in [-0.1, -0.05) is 37.5 Å². The zero-order chi connectivity index (χ0) is 32.9. The highest BCUT2D eigenvalue weighted by molar-refractivity contribution is 6.22. The summed E-state index contributed by atoms with van der Waals surface area (Å²) in [5.41, 5.74) is 4.41. The van der Waals surface area contributed by atoms with E-state index in [-0.39, 0.29) is 23.6 Å². The van der Waals surface area contributed by atoms with Crippen molar-refractivity contribution in [2.45, 2.75) is 38.6 Å². The minimum Gasteiger partial charge on any atom is -0.494 e. The summed E-state index contributed by atoms with van der Waals surface area (Å²) in [6.45, 7) is 4.38. The van der Waals surface area contributed by atoms with E-state index < -0.39 is 5.82 Å². The molecular formula is C37H43FN6O3. The third kappa shape index (κ3) is 7.72.